The fraction of sp³-hybridized carbons (Fsp3) is 0.400. The van der Waals surface area contributed by atoms with E-state index in [4.69, 9.17) is 4.74 Å². The lowest BCUT2D eigenvalue weighted by Gasteiger charge is -2.03. The highest BCUT2D eigenvalue weighted by atomic mass is 16.5. The summed E-state index contributed by atoms with van der Waals surface area (Å²) in [4.78, 5) is 11.5. The van der Waals surface area contributed by atoms with Crippen molar-refractivity contribution >= 4 is 12.0 Å². The van der Waals surface area contributed by atoms with Crippen molar-refractivity contribution in [2.75, 3.05) is 13.7 Å². The number of rotatable bonds is 6. The highest BCUT2D eigenvalue weighted by Crippen LogP contribution is 2.31. The summed E-state index contributed by atoms with van der Waals surface area (Å²) in [5, 5.41) is 12.5. The molecule has 0 spiro atoms. The molecule has 1 aliphatic carbocycles. The van der Waals surface area contributed by atoms with Gasteiger partial charge in [0, 0.05) is 12.6 Å². The number of benzene rings is 1. The summed E-state index contributed by atoms with van der Waals surface area (Å²) >= 11 is 0. The van der Waals surface area contributed by atoms with E-state index in [0.29, 0.717) is 5.75 Å². The fourth-order valence-electron chi connectivity index (χ4n) is 1.85. The van der Waals surface area contributed by atoms with Crippen molar-refractivity contribution in [3.63, 3.8) is 0 Å². The van der Waals surface area contributed by atoms with E-state index in [2.05, 4.69) is 5.32 Å². The Morgan fingerprint density at radius 2 is 2.32 bits per heavy atom. The smallest absolute Gasteiger partial charge is 0.243 e. The first kappa shape index (κ1) is 13.5. The molecule has 0 aromatic heterocycles. The van der Waals surface area contributed by atoms with Crippen LogP contribution in [0.5, 0.6) is 11.5 Å². The predicted molar refractivity (Wildman–Crippen MR) is 74.0 cm³/mol. The molecule has 0 heterocycles. The molecule has 0 aliphatic heterocycles. The van der Waals surface area contributed by atoms with Gasteiger partial charge in [0.2, 0.25) is 5.91 Å². The maximum Gasteiger partial charge on any atom is 0.243 e. The van der Waals surface area contributed by atoms with E-state index in [1.54, 1.807) is 24.3 Å². The molecule has 1 aliphatic rings. The minimum absolute atomic E-state index is 0.0683. The third-order valence-corrected chi connectivity index (χ3v) is 3.18. The van der Waals surface area contributed by atoms with E-state index in [-0.39, 0.29) is 11.7 Å². The molecule has 1 aromatic rings. The lowest BCUT2D eigenvalue weighted by molar-refractivity contribution is -0.116. The SMILES string of the molecule is COc1ccc(C=CC(=O)NCCC2CC2)cc1O. The van der Waals surface area contributed by atoms with Crippen molar-refractivity contribution in [1.29, 1.82) is 0 Å². The first-order valence-electron chi connectivity index (χ1n) is 6.52. The van der Waals surface area contributed by atoms with E-state index in [0.717, 1.165) is 24.4 Å². The number of nitrogens with one attached hydrogen (secondary N) is 1. The van der Waals surface area contributed by atoms with Gasteiger partial charge in [0.15, 0.2) is 11.5 Å². The normalized spacial score (nSPS) is 14.6. The molecule has 2 rings (SSSR count). The Morgan fingerprint density at radius 1 is 1.53 bits per heavy atom. The van der Waals surface area contributed by atoms with Gasteiger partial charge in [0.1, 0.15) is 0 Å². The summed E-state index contributed by atoms with van der Waals surface area (Å²) in [5.74, 6) is 1.21. The third kappa shape index (κ3) is 4.32. The highest BCUT2D eigenvalue weighted by Gasteiger charge is 2.20. The van der Waals surface area contributed by atoms with Crippen molar-refractivity contribution < 1.29 is 14.6 Å². The van der Waals surface area contributed by atoms with Gasteiger partial charge in [-0.25, -0.2) is 0 Å². The molecule has 0 unspecified atom stereocenters. The molecule has 1 saturated carbocycles. The highest BCUT2D eigenvalue weighted by molar-refractivity contribution is 5.91. The van der Waals surface area contributed by atoms with Crippen LogP contribution in [0.2, 0.25) is 0 Å². The second-order valence-electron chi connectivity index (χ2n) is 4.79. The molecule has 1 aromatic carbocycles. The summed E-state index contributed by atoms with van der Waals surface area (Å²) in [6.07, 6.45) is 6.83. The van der Waals surface area contributed by atoms with E-state index >= 15 is 0 Å². The number of ether oxygens (including phenoxy) is 1. The Bertz CT molecular complexity index is 478. The zero-order valence-electron chi connectivity index (χ0n) is 11.1. The lowest BCUT2D eigenvalue weighted by Crippen LogP contribution is -2.22. The van der Waals surface area contributed by atoms with E-state index in [9.17, 15) is 9.90 Å². The van der Waals surface area contributed by atoms with Crippen LogP contribution in [0.15, 0.2) is 24.3 Å². The molecule has 0 atom stereocenters. The van der Waals surface area contributed by atoms with Gasteiger partial charge in [-0.15, -0.1) is 0 Å². The Morgan fingerprint density at radius 3 is 2.95 bits per heavy atom. The Balaban J connectivity index is 1.82. The number of carbonyl (C=O) groups is 1. The van der Waals surface area contributed by atoms with Gasteiger partial charge in [0.25, 0.3) is 0 Å². The van der Waals surface area contributed by atoms with Crippen LogP contribution < -0.4 is 10.1 Å². The molecule has 102 valence electrons. The van der Waals surface area contributed by atoms with E-state index in [1.807, 2.05) is 0 Å². The van der Waals surface area contributed by atoms with Crippen LogP contribution in [0, 0.1) is 5.92 Å². The van der Waals surface area contributed by atoms with Gasteiger partial charge in [-0.3, -0.25) is 4.79 Å². The van der Waals surface area contributed by atoms with Gasteiger partial charge in [-0.2, -0.15) is 0 Å². The second-order valence-corrected chi connectivity index (χ2v) is 4.79. The summed E-state index contributed by atoms with van der Waals surface area (Å²) in [5.41, 5.74) is 0.760. The molecule has 4 nitrogen and oxygen atoms in total. The Kier molecular flexibility index (Phi) is 4.44. The zero-order valence-corrected chi connectivity index (χ0v) is 11.1. The number of carbonyl (C=O) groups excluding carboxylic acids is 1. The molecule has 0 radical (unpaired) electrons. The number of methoxy groups -OCH3 is 1. The molecule has 1 fully saturated rings. The first-order valence-corrected chi connectivity index (χ1v) is 6.52. The van der Waals surface area contributed by atoms with Crippen LogP contribution in [0.4, 0.5) is 0 Å². The molecule has 19 heavy (non-hydrogen) atoms. The quantitative estimate of drug-likeness (QED) is 0.773. The van der Waals surface area contributed by atoms with Crippen molar-refractivity contribution in [1.82, 2.24) is 5.32 Å². The van der Waals surface area contributed by atoms with Gasteiger partial charge in [-0.1, -0.05) is 18.9 Å². The van der Waals surface area contributed by atoms with Crippen molar-refractivity contribution in [3.8, 4) is 11.5 Å². The van der Waals surface area contributed by atoms with Gasteiger partial charge in [-0.05, 0) is 36.1 Å². The topological polar surface area (TPSA) is 58.6 Å². The minimum Gasteiger partial charge on any atom is -0.504 e. The average molecular weight is 261 g/mol. The van der Waals surface area contributed by atoms with Crippen LogP contribution in [0.1, 0.15) is 24.8 Å². The number of hydrogen-bond donors (Lipinski definition) is 2. The molecular weight excluding hydrogens is 242 g/mol. The number of phenols is 1. The minimum atomic E-state index is -0.101. The summed E-state index contributed by atoms with van der Waals surface area (Å²) in [7, 11) is 1.50. The van der Waals surface area contributed by atoms with Crippen LogP contribution >= 0.6 is 0 Å². The largest absolute Gasteiger partial charge is 0.504 e. The Hall–Kier alpha value is -1.97. The van der Waals surface area contributed by atoms with Gasteiger partial charge in [0.05, 0.1) is 7.11 Å². The molecule has 0 saturated heterocycles. The molecule has 2 N–H and O–H groups in total. The Labute approximate surface area is 113 Å². The summed E-state index contributed by atoms with van der Waals surface area (Å²) in [6, 6.07) is 5.01. The number of aromatic hydroxyl groups is 1. The summed E-state index contributed by atoms with van der Waals surface area (Å²) < 4.78 is 4.95. The van der Waals surface area contributed by atoms with Gasteiger partial charge >= 0.3 is 0 Å². The fourth-order valence-corrected chi connectivity index (χ4v) is 1.85. The van der Waals surface area contributed by atoms with E-state index < -0.39 is 0 Å². The van der Waals surface area contributed by atoms with Crippen LogP contribution in [-0.4, -0.2) is 24.7 Å². The zero-order chi connectivity index (χ0) is 13.7. The second kappa shape index (κ2) is 6.27. The standard InChI is InChI=1S/C15H19NO3/c1-19-14-6-4-12(10-13(14)17)5-7-15(18)16-9-8-11-2-3-11/h4-7,10-11,17H,2-3,8-9H2,1H3,(H,16,18). The third-order valence-electron chi connectivity index (χ3n) is 3.18. The molecule has 1 amide bonds. The monoisotopic (exact) mass is 261 g/mol. The number of amides is 1. The molecular formula is C15H19NO3. The van der Waals surface area contributed by atoms with Crippen molar-refractivity contribution in [2.45, 2.75) is 19.3 Å². The predicted octanol–water partition coefficient (Wildman–Crippen LogP) is 2.33. The van der Waals surface area contributed by atoms with Crippen molar-refractivity contribution in [3.05, 3.63) is 29.8 Å². The van der Waals surface area contributed by atoms with E-state index in [1.165, 1.54) is 26.0 Å². The van der Waals surface area contributed by atoms with Crippen molar-refractivity contribution in [2.24, 2.45) is 5.92 Å². The van der Waals surface area contributed by atoms with Crippen LogP contribution in [-0.2, 0) is 4.79 Å². The molecule has 0 bridgehead atoms. The number of hydrogen-bond acceptors (Lipinski definition) is 3. The van der Waals surface area contributed by atoms with Gasteiger partial charge < -0.3 is 15.2 Å². The average Bonchev–Trinajstić information content (AvgIpc) is 3.20. The van der Waals surface area contributed by atoms with Crippen LogP contribution in [0.3, 0.4) is 0 Å². The molecule has 4 heteroatoms. The number of phenolic OH excluding ortho intramolecular Hbond substituents is 1. The first-order chi connectivity index (χ1) is 9.19. The van der Waals surface area contributed by atoms with Crippen LogP contribution in [0.25, 0.3) is 6.08 Å². The summed E-state index contributed by atoms with van der Waals surface area (Å²) in [6.45, 7) is 0.738. The lowest BCUT2D eigenvalue weighted by atomic mass is 10.2. The maximum atomic E-state index is 11.5. The maximum absolute atomic E-state index is 11.5.